The van der Waals surface area contributed by atoms with E-state index < -0.39 is 0 Å². The topological polar surface area (TPSA) is 52.7 Å². The predicted octanol–water partition coefficient (Wildman–Crippen LogP) is 2.28. The largest absolute Gasteiger partial charge is 0.368 e. The first-order valence-electron chi connectivity index (χ1n) is 8.97. The van der Waals surface area contributed by atoms with Crippen LogP contribution in [-0.2, 0) is 9.59 Å². The van der Waals surface area contributed by atoms with Gasteiger partial charge in [0, 0.05) is 50.7 Å². The maximum atomic E-state index is 12.3. The molecule has 0 unspecified atom stereocenters. The lowest BCUT2D eigenvalue weighted by Crippen LogP contribution is -2.49. The lowest BCUT2D eigenvalue weighted by molar-refractivity contribution is -0.131. The summed E-state index contributed by atoms with van der Waals surface area (Å²) in [6.07, 6.45) is 2.27. The van der Waals surface area contributed by atoms with Crippen molar-refractivity contribution in [3.05, 3.63) is 30.3 Å². The molecule has 2 rings (SSSR count). The van der Waals surface area contributed by atoms with Crippen molar-refractivity contribution in [1.29, 1.82) is 0 Å². The van der Waals surface area contributed by atoms with Crippen LogP contribution in [0.15, 0.2) is 30.3 Å². The van der Waals surface area contributed by atoms with E-state index in [0.29, 0.717) is 13.0 Å². The number of nitrogens with zero attached hydrogens (tertiary/aromatic N) is 2. The van der Waals surface area contributed by atoms with Gasteiger partial charge in [0.15, 0.2) is 0 Å². The second-order valence-corrected chi connectivity index (χ2v) is 6.43. The molecule has 1 atom stereocenters. The lowest BCUT2D eigenvalue weighted by Gasteiger charge is -2.36. The fourth-order valence-electron chi connectivity index (χ4n) is 3.04. The molecule has 1 aromatic carbocycles. The quantitative estimate of drug-likeness (QED) is 0.834. The van der Waals surface area contributed by atoms with Crippen LogP contribution in [0, 0.1) is 5.92 Å². The Balaban J connectivity index is 1.68. The zero-order valence-corrected chi connectivity index (χ0v) is 14.8. The molecule has 1 heterocycles. The van der Waals surface area contributed by atoms with Gasteiger partial charge >= 0.3 is 0 Å². The Kier molecular flexibility index (Phi) is 7.09. The minimum Gasteiger partial charge on any atom is -0.368 e. The SMILES string of the molecule is CCC[C@H](C)C(=O)NCCC(=O)N1CCN(c2ccccc2)CC1. The first-order chi connectivity index (χ1) is 11.6. The van der Waals surface area contributed by atoms with Crippen molar-refractivity contribution in [2.45, 2.75) is 33.1 Å². The third kappa shape index (κ3) is 5.25. The third-order valence-corrected chi connectivity index (χ3v) is 4.56. The number of hydrogen-bond acceptors (Lipinski definition) is 3. The summed E-state index contributed by atoms with van der Waals surface area (Å²) in [4.78, 5) is 28.3. The Morgan fingerprint density at radius 2 is 1.79 bits per heavy atom. The van der Waals surface area contributed by atoms with Gasteiger partial charge in [-0.3, -0.25) is 9.59 Å². The number of hydrogen-bond donors (Lipinski definition) is 1. The Morgan fingerprint density at radius 3 is 2.42 bits per heavy atom. The van der Waals surface area contributed by atoms with Gasteiger partial charge in [-0.2, -0.15) is 0 Å². The van der Waals surface area contributed by atoms with Crippen LogP contribution in [0.4, 0.5) is 5.69 Å². The van der Waals surface area contributed by atoms with Gasteiger partial charge in [0.1, 0.15) is 0 Å². The smallest absolute Gasteiger partial charge is 0.224 e. The van der Waals surface area contributed by atoms with Crippen molar-refractivity contribution in [2.75, 3.05) is 37.6 Å². The van der Waals surface area contributed by atoms with Gasteiger partial charge in [-0.1, -0.05) is 38.5 Å². The van der Waals surface area contributed by atoms with Crippen molar-refractivity contribution in [3.8, 4) is 0 Å². The molecule has 0 saturated carbocycles. The lowest BCUT2D eigenvalue weighted by atomic mass is 10.1. The van der Waals surface area contributed by atoms with Crippen LogP contribution >= 0.6 is 0 Å². The van der Waals surface area contributed by atoms with Crippen molar-refractivity contribution in [3.63, 3.8) is 0 Å². The first kappa shape index (κ1) is 18.3. The summed E-state index contributed by atoms with van der Waals surface area (Å²) in [7, 11) is 0. The number of piperazine rings is 1. The highest BCUT2D eigenvalue weighted by molar-refractivity contribution is 5.80. The Labute approximate surface area is 145 Å². The molecule has 0 radical (unpaired) electrons. The van der Waals surface area contributed by atoms with Crippen LogP contribution in [0.25, 0.3) is 0 Å². The maximum absolute atomic E-state index is 12.3. The summed E-state index contributed by atoms with van der Waals surface area (Å²) in [6.45, 7) is 7.64. The van der Waals surface area contributed by atoms with E-state index in [4.69, 9.17) is 0 Å². The van der Waals surface area contributed by atoms with Crippen LogP contribution < -0.4 is 10.2 Å². The van der Waals surface area contributed by atoms with Crippen LogP contribution in [0.2, 0.25) is 0 Å². The summed E-state index contributed by atoms with van der Waals surface area (Å²) in [5.74, 6) is 0.212. The zero-order chi connectivity index (χ0) is 17.4. The van der Waals surface area contributed by atoms with E-state index in [1.54, 1.807) is 0 Å². The molecular weight excluding hydrogens is 302 g/mol. The molecule has 1 aliphatic rings. The number of anilines is 1. The normalized spacial score (nSPS) is 15.9. The van der Waals surface area contributed by atoms with Crippen molar-refractivity contribution >= 4 is 17.5 Å². The van der Waals surface area contributed by atoms with E-state index >= 15 is 0 Å². The minimum absolute atomic E-state index is 0.0273. The fraction of sp³-hybridized carbons (Fsp3) is 0.579. The Bertz CT molecular complexity index is 525. The van der Waals surface area contributed by atoms with E-state index in [9.17, 15) is 9.59 Å². The Hall–Kier alpha value is -2.04. The Morgan fingerprint density at radius 1 is 1.12 bits per heavy atom. The highest BCUT2D eigenvalue weighted by Crippen LogP contribution is 2.15. The first-order valence-corrected chi connectivity index (χ1v) is 8.97. The van der Waals surface area contributed by atoms with Gasteiger partial charge in [-0.15, -0.1) is 0 Å². The fourth-order valence-corrected chi connectivity index (χ4v) is 3.04. The summed E-state index contributed by atoms with van der Waals surface area (Å²) < 4.78 is 0. The molecule has 0 aromatic heterocycles. The molecule has 0 aliphatic carbocycles. The van der Waals surface area contributed by atoms with Crippen LogP contribution in [-0.4, -0.2) is 49.4 Å². The minimum atomic E-state index is 0.0273. The summed E-state index contributed by atoms with van der Waals surface area (Å²) >= 11 is 0. The van der Waals surface area contributed by atoms with Gasteiger partial charge in [0.2, 0.25) is 11.8 Å². The number of amides is 2. The number of carbonyl (C=O) groups is 2. The van der Waals surface area contributed by atoms with E-state index in [0.717, 1.165) is 39.0 Å². The van der Waals surface area contributed by atoms with Crippen molar-refractivity contribution in [2.24, 2.45) is 5.92 Å². The molecule has 1 saturated heterocycles. The van der Waals surface area contributed by atoms with Gasteiger partial charge in [0.25, 0.3) is 0 Å². The second-order valence-electron chi connectivity index (χ2n) is 6.43. The molecule has 132 valence electrons. The molecule has 1 aliphatic heterocycles. The molecule has 2 amide bonds. The van der Waals surface area contributed by atoms with Crippen LogP contribution in [0.3, 0.4) is 0 Å². The second kappa shape index (κ2) is 9.30. The number of nitrogens with one attached hydrogen (secondary N) is 1. The van der Waals surface area contributed by atoms with E-state index in [1.165, 1.54) is 5.69 Å². The number of rotatable bonds is 7. The molecule has 0 bridgehead atoms. The van der Waals surface area contributed by atoms with E-state index in [2.05, 4.69) is 29.3 Å². The molecule has 1 aromatic rings. The molecular formula is C19H29N3O2. The van der Waals surface area contributed by atoms with Gasteiger partial charge < -0.3 is 15.1 Å². The van der Waals surface area contributed by atoms with E-state index in [-0.39, 0.29) is 17.7 Å². The summed E-state index contributed by atoms with van der Waals surface area (Å²) in [6, 6.07) is 10.3. The zero-order valence-electron chi connectivity index (χ0n) is 14.8. The molecule has 5 heteroatoms. The number of para-hydroxylation sites is 1. The highest BCUT2D eigenvalue weighted by atomic mass is 16.2. The maximum Gasteiger partial charge on any atom is 0.224 e. The van der Waals surface area contributed by atoms with Gasteiger partial charge in [0.05, 0.1) is 0 Å². The molecule has 1 fully saturated rings. The summed E-state index contributed by atoms with van der Waals surface area (Å²) in [5, 5.41) is 2.88. The van der Waals surface area contributed by atoms with Crippen LogP contribution in [0.1, 0.15) is 33.1 Å². The van der Waals surface area contributed by atoms with Gasteiger partial charge in [-0.05, 0) is 18.6 Å². The average molecular weight is 331 g/mol. The van der Waals surface area contributed by atoms with Crippen LogP contribution in [0.5, 0.6) is 0 Å². The van der Waals surface area contributed by atoms with Crippen molar-refractivity contribution in [1.82, 2.24) is 10.2 Å². The average Bonchev–Trinajstić information content (AvgIpc) is 2.62. The highest BCUT2D eigenvalue weighted by Gasteiger charge is 2.21. The van der Waals surface area contributed by atoms with E-state index in [1.807, 2.05) is 30.0 Å². The van der Waals surface area contributed by atoms with Gasteiger partial charge in [-0.25, -0.2) is 0 Å². The number of carbonyl (C=O) groups excluding carboxylic acids is 2. The third-order valence-electron chi connectivity index (χ3n) is 4.56. The number of benzene rings is 1. The standard InChI is InChI=1S/C19H29N3O2/c1-3-7-16(2)19(24)20-11-10-18(23)22-14-12-21(13-15-22)17-8-5-4-6-9-17/h4-6,8-9,16H,3,7,10-15H2,1-2H3,(H,20,24)/t16-/m0/s1. The molecule has 24 heavy (non-hydrogen) atoms. The molecule has 5 nitrogen and oxygen atoms in total. The monoisotopic (exact) mass is 331 g/mol. The molecule has 1 N–H and O–H groups in total. The summed E-state index contributed by atoms with van der Waals surface area (Å²) in [5.41, 5.74) is 1.21. The molecule has 0 spiro atoms. The predicted molar refractivity (Wildman–Crippen MR) is 96.9 cm³/mol. The van der Waals surface area contributed by atoms with Crippen molar-refractivity contribution < 1.29 is 9.59 Å².